The molecule has 5 rings (SSSR count). The average molecular weight is 442 g/mol. The molecule has 7 nitrogen and oxygen atoms in total. The van der Waals surface area contributed by atoms with Gasteiger partial charge in [0, 0.05) is 56.9 Å². The number of likely N-dealkylation sites (tertiary alicyclic amines) is 2. The maximum atomic E-state index is 12.0. The molecule has 0 bridgehead atoms. The van der Waals surface area contributed by atoms with Gasteiger partial charge in [0.25, 0.3) is 0 Å². The summed E-state index contributed by atoms with van der Waals surface area (Å²) < 4.78 is 5.17. The number of carbonyl (C=O) groups is 1. The lowest BCUT2D eigenvalue weighted by Gasteiger charge is -2.48. The van der Waals surface area contributed by atoms with Crippen molar-refractivity contribution in [3.63, 3.8) is 0 Å². The molecule has 1 atom stereocenters. The number of aromatic nitrogens is 1. The van der Waals surface area contributed by atoms with Gasteiger partial charge in [-0.25, -0.2) is 9.78 Å². The zero-order valence-electron chi connectivity index (χ0n) is 19.8. The summed E-state index contributed by atoms with van der Waals surface area (Å²) in [5.74, 6) is 1.87. The second-order valence-corrected chi connectivity index (χ2v) is 10.5. The molecule has 1 saturated carbocycles. The zero-order chi connectivity index (χ0) is 22.1. The first kappa shape index (κ1) is 22.0. The number of anilines is 1. The molecule has 1 spiro atoms. The van der Waals surface area contributed by atoms with Crippen LogP contribution in [0.4, 0.5) is 10.6 Å². The van der Waals surface area contributed by atoms with Gasteiger partial charge < -0.3 is 19.4 Å². The van der Waals surface area contributed by atoms with E-state index in [0.29, 0.717) is 24.0 Å². The minimum Gasteiger partial charge on any atom is -0.450 e. The fourth-order valence-corrected chi connectivity index (χ4v) is 6.49. The molecule has 3 saturated heterocycles. The standard InChI is InChI=1S/C25H39N5O2/c1-3-32-24(31)30-18-25(19-30)9-6-21(17-25)28-13-15-29(16-14-28)23-22(5-4-10-26-23)20-7-11-27(2)12-8-20/h4-5,10,20-21H,3,6-9,11-19H2,1-2H3/t21-/m1/s1. The second-order valence-electron chi connectivity index (χ2n) is 10.5. The molecule has 3 aliphatic heterocycles. The molecule has 4 heterocycles. The van der Waals surface area contributed by atoms with E-state index in [1.54, 1.807) is 0 Å². The number of hydrogen-bond acceptors (Lipinski definition) is 6. The Kier molecular flexibility index (Phi) is 6.30. The largest absolute Gasteiger partial charge is 0.450 e. The maximum Gasteiger partial charge on any atom is 0.409 e. The quantitative estimate of drug-likeness (QED) is 0.716. The van der Waals surface area contributed by atoms with Crippen LogP contribution in [0.1, 0.15) is 50.5 Å². The lowest BCUT2D eigenvalue weighted by Crippen LogP contribution is -2.58. The molecule has 0 radical (unpaired) electrons. The van der Waals surface area contributed by atoms with Crippen LogP contribution in [0.15, 0.2) is 18.3 Å². The molecule has 0 unspecified atom stereocenters. The van der Waals surface area contributed by atoms with Crippen molar-refractivity contribution in [3.05, 3.63) is 23.9 Å². The van der Waals surface area contributed by atoms with Crippen LogP contribution in [0.25, 0.3) is 0 Å². The van der Waals surface area contributed by atoms with E-state index in [9.17, 15) is 4.79 Å². The Morgan fingerprint density at radius 2 is 1.88 bits per heavy atom. The summed E-state index contributed by atoms with van der Waals surface area (Å²) in [5.41, 5.74) is 1.80. The first-order valence-electron chi connectivity index (χ1n) is 12.6. The highest BCUT2D eigenvalue weighted by atomic mass is 16.6. The van der Waals surface area contributed by atoms with Gasteiger partial charge in [-0.1, -0.05) is 6.07 Å². The van der Waals surface area contributed by atoms with Crippen molar-refractivity contribution in [2.24, 2.45) is 5.41 Å². The number of ether oxygens (including phenoxy) is 1. The third kappa shape index (κ3) is 4.34. The first-order chi connectivity index (χ1) is 15.6. The number of nitrogens with zero attached hydrogens (tertiary/aromatic N) is 5. The average Bonchev–Trinajstić information content (AvgIpc) is 3.25. The van der Waals surface area contributed by atoms with E-state index in [0.717, 1.165) is 39.3 Å². The molecule has 4 fully saturated rings. The van der Waals surface area contributed by atoms with Gasteiger partial charge in [-0.05, 0) is 76.7 Å². The third-order valence-electron chi connectivity index (χ3n) is 8.36. The van der Waals surface area contributed by atoms with Crippen molar-refractivity contribution >= 4 is 11.9 Å². The van der Waals surface area contributed by atoms with Crippen molar-refractivity contribution in [3.8, 4) is 0 Å². The SMILES string of the molecule is CCOC(=O)N1CC2(CC[C@@H](N3CCN(c4ncccc4C4CCN(C)CC4)CC3)C2)C1. The molecule has 1 aliphatic carbocycles. The van der Waals surface area contributed by atoms with Crippen LogP contribution in [0.3, 0.4) is 0 Å². The summed E-state index contributed by atoms with van der Waals surface area (Å²) in [6.45, 7) is 10.8. The Balaban J connectivity index is 1.15. The van der Waals surface area contributed by atoms with Crippen molar-refractivity contribution in [1.82, 2.24) is 19.7 Å². The molecule has 0 N–H and O–H groups in total. The Morgan fingerprint density at radius 3 is 2.59 bits per heavy atom. The van der Waals surface area contributed by atoms with Crippen LogP contribution in [0, 0.1) is 5.41 Å². The lowest BCUT2D eigenvalue weighted by molar-refractivity contribution is -0.00294. The predicted octanol–water partition coefficient (Wildman–Crippen LogP) is 3.02. The van der Waals surface area contributed by atoms with E-state index >= 15 is 0 Å². The summed E-state index contributed by atoms with van der Waals surface area (Å²) in [5, 5.41) is 0. The van der Waals surface area contributed by atoms with E-state index in [1.165, 1.54) is 56.6 Å². The number of hydrogen-bond donors (Lipinski definition) is 0. The van der Waals surface area contributed by atoms with Gasteiger partial charge in [-0.3, -0.25) is 4.90 Å². The minimum absolute atomic E-state index is 0.133. The van der Waals surface area contributed by atoms with Crippen LogP contribution in [0.5, 0.6) is 0 Å². The minimum atomic E-state index is -0.133. The number of pyridine rings is 1. The molecule has 176 valence electrons. The van der Waals surface area contributed by atoms with E-state index in [1.807, 2.05) is 18.0 Å². The van der Waals surface area contributed by atoms with Crippen molar-refractivity contribution in [2.75, 3.05) is 70.9 Å². The van der Waals surface area contributed by atoms with Crippen LogP contribution < -0.4 is 4.90 Å². The van der Waals surface area contributed by atoms with E-state index < -0.39 is 0 Å². The van der Waals surface area contributed by atoms with E-state index in [2.05, 4.69) is 33.9 Å². The van der Waals surface area contributed by atoms with Gasteiger partial charge in [0.1, 0.15) is 5.82 Å². The Labute approximate surface area is 192 Å². The highest BCUT2D eigenvalue weighted by molar-refractivity contribution is 5.69. The normalized spacial score (nSPS) is 27.0. The van der Waals surface area contributed by atoms with Gasteiger partial charge in [-0.15, -0.1) is 0 Å². The number of amides is 1. The van der Waals surface area contributed by atoms with Gasteiger partial charge in [-0.2, -0.15) is 0 Å². The predicted molar refractivity (Wildman–Crippen MR) is 126 cm³/mol. The summed E-state index contributed by atoms with van der Waals surface area (Å²) in [4.78, 5) is 26.4. The zero-order valence-corrected chi connectivity index (χ0v) is 19.8. The van der Waals surface area contributed by atoms with Crippen molar-refractivity contribution in [2.45, 2.75) is 51.0 Å². The number of piperazine rings is 1. The van der Waals surface area contributed by atoms with Gasteiger partial charge in [0.2, 0.25) is 0 Å². The number of carbonyl (C=O) groups excluding carboxylic acids is 1. The fourth-order valence-electron chi connectivity index (χ4n) is 6.49. The molecule has 1 amide bonds. The van der Waals surface area contributed by atoms with Crippen LogP contribution in [-0.2, 0) is 4.74 Å². The number of piperidine rings is 1. The van der Waals surface area contributed by atoms with E-state index in [4.69, 9.17) is 9.72 Å². The van der Waals surface area contributed by atoms with Gasteiger partial charge >= 0.3 is 6.09 Å². The molecular formula is C25H39N5O2. The summed E-state index contributed by atoms with van der Waals surface area (Å²) in [6.07, 6.45) is 8.05. The molecule has 1 aromatic heterocycles. The van der Waals surface area contributed by atoms with Crippen molar-refractivity contribution < 1.29 is 9.53 Å². The monoisotopic (exact) mass is 441 g/mol. The lowest BCUT2D eigenvalue weighted by atomic mass is 9.78. The van der Waals surface area contributed by atoms with Gasteiger partial charge in [0.15, 0.2) is 0 Å². The summed E-state index contributed by atoms with van der Waals surface area (Å²) in [6, 6.07) is 5.10. The maximum absolute atomic E-state index is 12.0. The molecule has 4 aliphatic rings. The van der Waals surface area contributed by atoms with Gasteiger partial charge in [0.05, 0.1) is 6.61 Å². The van der Waals surface area contributed by atoms with Crippen LogP contribution >= 0.6 is 0 Å². The Hall–Kier alpha value is -1.86. The smallest absolute Gasteiger partial charge is 0.409 e. The highest BCUT2D eigenvalue weighted by Gasteiger charge is 2.51. The van der Waals surface area contributed by atoms with Crippen LogP contribution in [0.2, 0.25) is 0 Å². The molecule has 7 heteroatoms. The molecule has 1 aromatic rings. The fraction of sp³-hybridized carbons (Fsp3) is 0.760. The Morgan fingerprint density at radius 1 is 1.12 bits per heavy atom. The first-order valence-corrected chi connectivity index (χ1v) is 12.6. The second kappa shape index (κ2) is 9.18. The summed E-state index contributed by atoms with van der Waals surface area (Å²) in [7, 11) is 2.23. The molecular weight excluding hydrogens is 402 g/mol. The summed E-state index contributed by atoms with van der Waals surface area (Å²) >= 11 is 0. The van der Waals surface area contributed by atoms with Crippen LogP contribution in [-0.4, -0.2) is 97.8 Å². The van der Waals surface area contributed by atoms with E-state index in [-0.39, 0.29) is 6.09 Å². The molecule has 32 heavy (non-hydrogen) atoms. The Bertz CT molecular complexity index is 795. The molecule has 0 aromatic carbocycles. The third-order valence-corrected chi connectivity index (χ3v) is 8.36. The number of rotatable bonds is 4. The topological polar surface area (TPSA) is 52.2 Å². The highest BCUT2D eigenvalue weighted by Crippen LogP contribution is 2.47. The van der Waals surface area contributed by atoms with Crippen molar-refractivity contribution in [1.29, 1.82) is 0 Å².